The van der Waals surface area contributed by atoms with E-state index in [4.69, 9.17) is 4.74 Å². The molecule has 0 saturated heterocycles. The highest BCUT2D eigenvalue weighted by Gasteiger charge is 2.15. The van der Waals surface area contributed by atoms with Crippen molar-refractivity contribution < 1.29 is 9.84 Å². The number of para-hydroxylation sites is 1. The molecule has 0 amide bonds. The molecule has 4 aromatic heterocycles. The summed E-state index contributed by atoms with van der Waals surface area (Å²) >= 11 is 0. The van der Waals surface area contributed by atoms with Crippen molar-refractivity contribution in [2.45, 2.75) is 20.5 Å². The monoisotopic (exact) mass is 430 g/mol. The standard InChI is InChI=1S/C20H18N10O2/c1-10-12-5-4-6-14(32-3)17(12)25-19(22-10)26-18-21-8-7-13(23-18)16-11(2)30-20(28-27-16)24-15(9-31)29-30/h4-8,31H,9H2,1-3H3,(H,21,22,23,25,26). The van der Waals surface area contributed by atoms with Gasteiger partial charge < -0.3 is 9.84 Å². The molecule has 0 bridgehead atoms. The zero-order chi connectivity index (χ0) is 22.2. The highest BCUT2D eigenvalue weighted by atomic mass is 16.5. The lowest BCUT2D eigenvalue weighted by molar-refractivity contribution is 0.271. The van der Waals surface area contributed by atoms with E-state index in [0.717, 1.165) is 11.1 Å². The third-order valence-corrected chi connectivity index (χ3v) is 4.90. The molecule has 32 heavy (non-hydrogen) atoms. The molecule has 0 saturated carbocycles. The summed E-state index contributed by atoms with van der Waals surface area (Å²) in [7, 11) is 1.60. The minimum atomic E-state index is -0.282. The molecule has 2 N–H and O–H groups in total. The summed E-state index contributed by atoms with van der Waals surface area (Å²) < 4.78 is 6.95. The van der Waals surface area contributed by atoms with Crippen molar-refractivity contribution in [3.05, 3.63) is 47.7 Å². The Balaban J connectivity index is 1.53. The summed E-state index contributed by atoms with van der Waals surface area (Å²) in [5.74, 6) is 1.87. The van der Waals surface area contributed by atoms with Crippen LogP contribution in [0.15, 0.2) is 30.5 Å². The molecule has 0 fully saturated rings. The first kappa shape index (κ1) is 19.6. The van der Waals surface area contributed by atoms with Gasteiger partial charge in [0.15, 0.2) is 5.82 Å². The topological polar surface area (TPSA) is 149 Å². The van der Waals surface area contributed by atoms with Crippen LogP contribution >= 0.6 is 0 Å². The summed E-state index contributed by atoms with van der Waals surface area (Å²) in [5, 5.41) is 25.8. The molecule has 0 aliphatic heterocycles. The summed E-state index contributed by atoms with van der Waals surface area (Å²) in [5.41, 5.74) is 3.21. The van der Waals surface area contributed by atoms with Gasteiger partial charge in [-0.05, 0) is 26.0 Å². The highest BCUT2D eigenvalue weighted by Crippen LogP contribution is 2.27. The maximum atomic E-state index is 9.28. The Hall–Kier alpha value is -4.32. The first-order chi connectivity index (χ1) is 15.6. The summed E-state index contributed by atoms with van der Waals surface area (Å²) in [6, 6.07) is 7.40. The van der Waals surface area contributed by atoms with Crippen LogP contribution in [-0.4, -0.2) is 56.9 Å². The van der Waals surface area contributed by atoms with E-state index >= 15 is 0 Å². The predicted molar refractivity (Wildman–Crippen MR) is 114 cm³/mol. The number of aliphatic hydroxyl groups excluding tert-OH is 1. The Bertz CT molecular complexity index is 1470. The van der Waals surface area contributed by atoms with Crippen LogP contribution < -0.4 is 10.1 Å². The van der Waals surface area contributed by atoms with Crippen molar-refractivity contribution in [3.8, 4) is 17.1 Å². The Morgan fingerprint density at radius 3 is 2.72 bits per heavy atom. The van der Waals surface area contributed by atoms with Crippen molar-refractivity contribution in [2.75, 3.05) is 12.4 Å². The van der Waals surface area contributed by atoms with Gasteiger partial charge in [-0.2, -0.15) is 9.50 Å². The number of methoxy groups -OCH3 is 1. The van der Waals surface area contributed by atoms with Crippen molar-refractivity contribution in [3.63, 3.8) is 0 Å². The second kappa shape index (κ2) is 7.74. The van der Waals surface area contributed by atoms with Crippen LogP contribution in [0.1, 0.15) is 17.2 Å². The number of ether oxygens (including phenoxy) is 1. The number of hydrogen-bond acceptors (Lipinski definition) is 11. The van der Waals surface area contributed by atoms with E-state index in [1.54, 1.807) is 19.4 Å². The lowest BCUT2D eigenvalue weighted by atomic mass is 10.2. The third kappa shape index (κ3) is 3.32. The number of rotatable bonds is 5. The number of fused-ring (bicyclic) bond motifs is 2. The zero-order valence-corrected chi connectivity index (χ0v) is 17.5. The predicted octanol–water partition coefficient (Wildman–Crippen LogP) is 1.78. The van der Waals surface area contributed by atoms with Crippen LogP contribution in [0.2, 0.25) is 0 Å². The molecule has 12 heteroatoms. The number of nitrogens with one attached hydrogen (secondary N) is 1. The fourth-order valence-corrected chi connectivity index (χ4v) is 3.36. The molecule has 0 atom stereocenters. The van der Waals surface area contributed by atoms with Gasteiger partial charge >= 0.3 is 0 Å². The second-order valence-electron chi connectivity index (χ2n) is 6.91. The maximum absolute atomic E-state index is 9.28. The quantitative estimate of drug-likeness (QED) is 0.420. The molecule has 160 valence electrons. The Labute approximate surface area is 181 Å². The Morgan fingerprint density at radius 2 is 1.91 bits per heavy atom. The second-order valence-corrected chi connectivity index (χ2v) is 6.91. The first-order valence-electron chi connectivity index (χ1n) is 9.69. The molecular weight excluding hydrogens is 412 g/mol. The smallest absolute Gasteiger partial charge is 0.272 e. The van der Waals surface area contributed by atoms with E-state index in [2.05, 4.69) is 45.5 Å². The van der Waals surface area contributed by atoms with Crippen LogP contribution in [0.4, 0.5) is 11.9 Å². The first-order valence-corrected chi connectivity index (χ1v) is 9.69. The maximum Gasteiger partial charge on any atom is 0.272 e. The molecule has 4 heterocycles. The number of anilines is 2. The van der Waals surface area contributed by atoms with E-state index < -0.39 is 0 Å². The Kier molecular flexibility index (Phi) is 4.75. The molecule has 12 nitrogen and oxygen atoms in total. The van der Waals surface area contributed by atoms with Crippen LogP contribution in [0.5, 0.6) is 5.75 Å². The average molecular weight is 430 g/mol. The van der Waals surface area contributed by atoms with Gasteiger partial charge in [0.2, 0.25) is 11.9 Å². The minimum absolute atomic E-state index is 0.267. The van der Waals surface area contributed by atoms with Gasteiger partial charge in [-0.3, -0.25) is 5.32 Å². The lowest BCUT2D eigenvalue weighted by Gasteiger charge is -2.10. The molecule has 0 aliphatic rings. The number of hydrogen-bond donors (Lipinski definition) is 2. The zero-order valence-electron chi connectivity index (χ0n) is 17.5. The molecule has 5 rings (SSSR count). The van der Waals surface area contributed by atoms with Gasteiger partial charge in [0, 0.05) is 11.6 Å². The summed E-state index contributed by atoms with van der Waals surface area (Å²) in [4.78, 5) is 22.0. The van der Waals surface area contributed by atoms with E-state index in [-0.39, 0.29) is 12.4 Å². The normalized spacial score (nSPS) is 11.2. The SMILES string of the molecule is COc1cccc2c(C)nc(Nc3nccc(-c4nnc5nc(CO)nn5c4C)n3)nc12. The van der Waals surface area contributed by atoms with E-state index in [9.17, 15) is 5.11 Å². The van der Waals surface area contributed by atoms with Crippen molar-refractivity contribution in [1.82, 2.24) is 44.7 Å². The van der Waals surface area contributed by atoms with E-state index in [1.165, 1.54) is 4.52 Å². The van der Waals surface area contributed by atoms with Crippen molar-refractivity contribution in [2.24, 2.45) is 0 Å². The minimum Gasteiger partial charge on any atom is -0.494 e. The fraction of sp³-hybridized carbons (Fsp3) is 0.200. The number of benzene rings is 1. The van der Waals surface area contributed by atoms with E-state index in [1.807, 2.05) is 32.0 Å². The summed E-state index contributed by atoms with van der Waals surface area (Å²) in [6.45, 7) is 3.44. The lowest BCUT2D eigenvalue weighted by Crippen LogP contribution is -2.06. The molecular formula is C20H18N10O2. The van der Waals surface area contributed by atoms with Gasteiger partial charge in [0.05, 0.1) is 24.2 Å². The van der Waals surface area contributed by atoms with Crippen LogP contribution in [-0.2, 0) is 6.61 Å². The number of aliphatic hydroxyl groups is 1. The van der Waals surface area contributed by atoms with Crippen LogP contribution in [0.25, 0.3) is 28.1 Å². The fourth-order valence-electron chi connectivity index (χ4n) is 3.36. The van der Waals surface area contributed by atoms with Crippen molar-refractivity contribution in [1.29, 1.82) is 0 Å². The number of aryl methyl sites for hydroxylation is 2. The highest BCUT2D eigenvalue weighted by molar-refractivity contribution is 5.87. The van der Waals surface area contributed by atoms with Crippen LogP contribution in [0, 0.1) is 13.8 Å². The number of aromatic nitrogens is 9. The molecule has 0 spiro atoms. The van der Waals surface area contributed by atoms with Crippen molar-refractivity contribution >= 4 is 28.6 Å². The Morgan fingerprint density at radius 1 is 1.03 bits per heavy atom. The van der Waals surface area contributed by atoms with Gasteiger partial charge in [-0.15, -0.1) is 15.3 Å². The third-order valence-electron chi connectivity index (χ3n) is 4.90. The van der Waals surface area contributed by atoms with Gasteiger partial charge in [0.25, 0.3) is 5.78 Å². The largest absolute Gasteiger partial charge is 0.494 e. The average Bonchev–Trinajstić information content (AvgIpc) is 3.24. The molecule has 0 radical (unpaired) electrons. The summed E-state index contributed by atoms with van der Waals surface area (Å²) in [6.07, 6.45) is 1.60. The number of nitrogens with zero attached hydrogens (tertiary/aromatic N) is 9. The molecule has 1 aromatic carbocycles. The van der Waals surface area contributed by atoms with Gasteiger partial charge in [-0.25, -0.2) is 19.9 Å². The molecule has 0 aliphatic carbocycles. The molecule has 0 unspecified atom stereocenters. The van der Waals surface area contributed by atoms with Gasteiger partial charge in [-0.1, -0.05) is 12.1 Å². The van der Waals surface area contributed by atoms with Crippen LogP contribution in [0.3, 0.4) is 0 Å². The van der Waals surface area contributed by atoms with Gasteiger partial charge in [0.1, 0.15) is 23.6 Å². The van der Waals surface area contributed by atoms with E-state index in [0.29, 0.717) is 46.0 Å². The molecule has 5 aromatic rings.